The Kier molecular flexibility index (Phi) is 72.7. The Bertz CT molecular complexity index is 60.4. The maximum atomic E-state index is 2.26. The second kappa shape index (κ2) is 41.1. The summed E-state index contributed by atoms with van der Waals surface area (Å²) >= 11 is 0. The minimum Gasteiger partial charge on any atom is -0.0859 e. The summed E-state index contributed by atoms with van der Waals surface area (Å²) in [5, 5.41) is 0. The molecule has 0 spiro atoms. The second-order valence-corrected chi connectivity index (χ2v) is 1.81. The van der Waals surface area contributed by atoms with Gasteiger partial charge in [0.2, 0.25) is 0 Å². The highest BCUT2D eigenvalue weighted by Gasteiger charge is 1.76. The molecule has 0 N–H and O–H groups in total. The van der Waals surface area contributed by atoms with Crippen molar-refractivity contribution in [3.05, 3.63) is 11.6 Å². The zero-order chi connectivity index (χ0) is 11.7. The van der Waals surface area contributed by atoms with E-state index in [1.807, 2.05) is 41.5 Å². The lowest BCUT2D eigenvalue weighted by Gasteiger charge is -1.88. The maximum Gasteiger partial charge on any atom is -0.0352 e. The first-order chi connectivity index (χ1) is 6.31. The highest BCUT2D eigenvalue weighted by Crippen LogP contribution is 1.97. The van der Waals surface area contributed by atoms with Crippen LogP contribution in [0.4, 0.5) is 0 Å². The molecular weight excluding hydrogens is 156 g/mol. The first kappa shape index (κ1) is 23.0. The fraction of sp³-hybridized carbons (Fsp3) is 0.846. The van der Waals surface area contributed by atoms with Gasteiger partial charge in [-0.25, -0.2) is 0 Å². The Balaban J connectivity index is -0.0000000573. The van der Waals surface area contributed by atoms with Gasteiger partial charge in [-0.15, -0.1) is 0 Å². The van der Waals surface area contributed by atoms with Gasteiger partial charge in [-0.05, 0) is 19.8 Å². The molecule has 0 amide bonds. The molecule has 0 aromatic carbocycles. The van der Waals surface area contributed by atoms with E-state index in [0.29, 0.717) is 0 Å². The molecule has 0 heteroatoms. The third kappa shape index (κ3) is 49.6. The van der Waals surface area contributed by atoms with Crippen LogP contribution >= 0.6 is 0 Å². The van der Waals surface area contributed by atoms with Crippen LogP contribution in [-0.2, 0) is 0 Å². The topological polar surface area (TPSA) is 0 Å². The number of allylic oxidation sites excluding steroid dienone is 2. The fourth-order valence-corrected chi connectivity index (χ4v) is 0.493. The Morgan fingerprint density at radius 1 is 0.846 bits per heavy atom. The molecule has 0 unspecified atom stereocenters. The largest absolute Gasteiger partial charge is 0.0859 e. The molecule has 0 aliphatic heterocycles. The molecule has 0 aliphatic rings. The van der Waals surface area contributed by atoms with Crippen LogP contribution in [0, 0.1) is 0 Å². The summed E-state index contributed by atoms with van der Waals surface area (Å²) in [6, 6.07) is 0. The summed E-state index contributed by atoms with van der Waals surface area (Å²) in [4.78, 5) is 0. The summed E-state index contributed by atoms with van der Waals surface area (Å²) < 4.78 is 0. The SMILES string of the molecule is CC.CC.CC.CC/C=C(/C)CC. The molecule has 0 fully saturated rings. The van der Waals surface area contributed by atoms with Crippen LogP contribution in [0.3, 0.4) is 0 Å². The normalized spacial score (nSPS) is 7.92. The van der Waals surface area contributed by atoms with Crippen LogP contribution in [0.2, 0.25) is 0 Å². The first-order valence-electron chi connectivity index (χ1n) is 5.96. The highest BCUT2D eigenvalue weighted by atomic mass is 13.8. The lowest BCUT2D eigenvalue weighted by Crippen LogP contribution is -1.67. The van der Waals surface area contributed by atoms with Gasteiger partial charge in [0, 0.05) is 0 Å². The van der Waals surface area contributed by atoms with Crippen molar-refractivity contribution < 1.29 is 0 Å². The molecule has 0 heterocycles. The van der Waals surface area contributed by atoms with Crippen molar-refractivity contribution in [1.82, 2.24) is 0 Å². The van der Waals surface area contributed by atoms with Crippen LogP contribution in [0.15, 0.2) is 11.6 Å². The van der Waals surface area contributed by atoms with Crippen molar-refractivity contribution in [2.75, 3.05) is 0 Å². The average molecular weight is 188 g/mol. The molecule has 0 rings (SSSR count). The van der Waals surface area contributed by atoms with Gasteiger partial charge in [-0.2, -0.15) is 0 Å². The lowest BCUT2D eigenvalue weighted by molar-refractivity contribution is 1.06. The Morgan fingerprint density at radius 3 is 1.23 bits per heavy atom. The summed E-state index contributed by atoms with van der Waals surface area (Å²) in [5.74, 6) is 0. The van der Waals surface area contributed by atoms with E-state index in [1.54, 1.807) is 0 Å². The van der Waals surface area contributed by atoms with Gasteiger partial charge < -0.3 is 0 Å². The molecule has 0 aliphatic carbocycles. The smallest absolute Gasteiger partial charge is 0.0352 e. The monoisotopic (exact) mass is 188 g/mol. The highest BCUT2D eigenvalue weighted by molar-refractivity contribution is 4.95. The van der Waals surface area contributed by atoms with Crippen molar-refractivity contribution in [3.8, 4) is 0 Å². The standard InChI is InChI=1S/C7H14.3C2H6/c1-4-6-7(3)5-2;3*1-2/h6H,4-5H2,1-3H3;3*1-2H3/b7-6-;;;. The zero-order valence-electron chi connectivity index (χ0n) is 11.5. The number of hydrogen-bond acceptors (Lipinski definition) is 0. The Labute approximate surface area is 87.4 Å². The molecular formula is C13H32. The van der Waals surface area contributed by atoms with Crippen molar-refractivity contribution >= 4 is 0 Å². The molecule has 0 saturated heterocycles. The van der Waals surface area contributed by atoms with Gasteiger partial charge in [-0.3, -0.25) is 0 Å². The maximum absolute atomic E-state index is 2.26. The van der Waals surface area contributed by atoms with Crippen LogP contribution in [0.1, 0.15) is 75.2 Å². The van der Waals surface area contributed by atoms with E-state index in [0.717, 1.165) is 0 Å². The molecule has 0 radical (unpaired) electrons. The van der Waals surface area contributed by atoms with Gasteiger partial charge in [0.25, 0.3) is 0 Å². The minimum absolute atomic E-state index is 1.18. The zero-order valence-corrected chi connectivity index (χ0v) is 11.5. The van der Waals surface area contributed by atoms with Gasteiger partial charge in [0.05, 0.1) is 0 Å². The Morgan fingerprint density at radius 2 is 1.15 bits per heavy atom. The lowest BCUT2D eigenvalue weighted by atomic mass is 10.2. The average Bonchev–Trinajstić information content (AvgIpc) is 2.27. The van der Waals surface area contributed by atoms with E-state index in [1.165, 1.54) is 18.4 Å². The molecule has 84 valence electrons. The van der Waals surface area contributed by atoms with Crippen LogP contribution in [-0.4, -0.2) is 0 Å². The summed E-state index contributed by atoms with van der Waals surface area (Å²) in [7, 11) is 0. The van der Waals surface area contributed by atoms with E-state index in [-0.39, 0.29) is 0 Å². The number of rotatable bonds is 2. The molecule has 0 aromatic rings. The summed E-state index contributed by atoms with van der Waals surface area (Å²) in [6.07, 6.45) is 4.65. The quantitative estimate of drug-likeness (QED) is 0.478. The third-order valence-corrected chi connectivity index (χ3v) is 1.11. The summed E-state index contributed by atoms with van der Waals surface area (Å²) in [5.41, 5.74) is 1.50. The first-order valence-corrected chi connectivity index (χ1v) is 5.96. The molecule has 0 atom stereocenters. The molecule has 0 nitrogen and oxygen atoms in total. The van der Waals surface area contributed by atoms with E-state index in [9.17, 15) is 0 Å². The van der Waals surface area contributed by atoms with Gasteiger partial charge in [0.1, 0.15) is 0 Å². The number of hydrogen-bond donors (Lipinski definition) is 0. The fourth-order valence-electron chi connectivity index (χ4n) is 0.493. The second-order valence-electron chi connectivity index (χ2n) is 1.81. The van der Waals surface area contributed by atoms with Crippen molar-refractivity contribution in [3.63, 3.8) is 0 Å². The molecule has 0 aromatic heterocycles. The van der Waals surface area contributed by atoms with Crippen molar-refractivity contribution in [2.24, 2.45) is 0 Å². The predicted octanol–water partition coefficient (Wildman–Crippen LogP) is 5.83. The van der Waals surface area contributed by atoms with Crippen LogP contribution < -0.4 is 0 Å². The van der Waals surface area contributed by atoms with E-state index >= 15 is 0 Å². The Hall–Kier alpha value is -0.260. The van der Waals surface area contributed by atoms with Gasteiger partial charge in [-0.1, -0.05) is 67.0 Å². The van der Waals surface area contributed by atoms with E-state index < -0.39 is 0 Å². The predicted molar refractivity (Wildman–Crippen MR) is 68.4 cm³/mol. The van der Waals surface area contributed by atoms with Crippen LogP contribution in [0.25, 0.3) is 0 Å². The van der Waals surface area contributed by atoms with Crippen LogP contribution in [0.5, 0.6) is 0 Å². The van der Waals surface area contributed by atoms with Crippen molar-refractivity contribution in [1.29, 1.82) is 0 Å². The van der Waals surface area contributed by atoms with E-state index in [4.69, 9.17) is 0 Å². The summed E-state index contributed by atoms with van der Waals surface area (Å²) in [6.45, 7) is 18.5. The third-order valence-electron chi connectivity index (χ3n) is 1.11. The molecule has 13 heavy (non-hydrogen) atoms. The van der Waals surface area contributed by atoms with Gasteiger partial charge >= 0.3 is 0 Å². The molecule has 0 bridgehead atoms. The minimum atomic E-state index is 1.18. The van der Waals surface area contributed by atoms with Crippen molar-refractivity contribution in [2.45, 2.75) is 75.2 Å². The van der Waals surface area contributed by atoms with Gasteiger partial charge in [0.15, 0.2) is 0 Å². The molecule has 0 saturated carbocycles. The van der Waals surface area contributed by atoms with E-state index in [2.05, 4.69) is 26.8 Å².